The first-order chi connectivity index (χ1) is 66.5. The van der Waals surface area contributed by atoms with Crippen molar-refractivity contribution in [2.24, 2.45) is 0 Å². The van der Waals surface area contributed by atoms with Crippen LogP contribution >= 0.6 is 0 Å². The highest BCUT2D eigenvalue weighted by molar-refractivity contribution is 6.27. The van der Waals surface area contributed by atoms with Crippen molar-refractivity contribution in [2.45, 2.75) is 0 Å². The van der Waals surface area contributed by atoms with Crippen LogP contribution in [0.3, 0.4) is 0 Å². The molecule has 0 N–H and O–H groups in total. The molecular weight excluding hydrogens is 1620 g/mol. The van der Waals surface area contributed by atoms with Crippen molar-refractivity contribution in [2.75, 3.05) is 0 Å². The van der Waals surface area contributed by atoms with Crippen molar-refractivity contribution in [1.82, 2.24) is 27.4 Å². The van der Waals surface area contributed by atoms with E-state index in [4.69, 9.17) is 0 Å². The molecule has 0 saturated carbocycles. The normalized spacial score (nSPS) is 11.9. The van der Waals surface area contributed by atoms with Gasteiger partial charge >= 0.3 is 0 Å². The monoisotopic (exact) mass is 1700 g/mol. The largest absolute Gasteiger partial charge is 0.309 e. The summed E-state index contributed by atoms with van der Waals surface area (Å²) in [4.78, 5) is 0. The van der Waals surface area contributed by atoms with Crippen molar-refractivity contribution in [3.05, 3.63) is 497 Å². The third-order valence-electron chi connectivity index (χ3n) is 28.0. The van der Waals surface area contributed by atoms with Crippen LogP contribution in [0.25, 0.3) is 252 Å². The van der Waals surface area contributed by atoms with Gasteiger partial charge < -0.3 is 27.4 Å². The second-order valence-electron chi connectivity index (χ2n) is 35.4. The molecule has 0 unspecified atom stereocenters. The molecule has 6 aromatic heterocycles. The highest BCUT2D eigenvalue weighted by Gasteiger charge is 2.26. The highest BCUT2D eigenvalue weighted by Crippen LogP contribution is 2.48. The summed E-state index contributed by atoms with van der Waals surface area (Å²) in [5.41, 5.74) is 28.9. The molecule has 0 radical (unpaired) electrons. The summed E-state index contributed by atoms with van der Waals surface area (Å²) in [6.45, 7) is 0. The first-order valence-corrected chi connectivity index (χ1v) is 46.2. The summed E-state index contributed by atoms with van der Waals surface area (Å²) < 4.78 is 14.7. The maximum absolute atomic E-state index is 2.49. The second kappa shape index (κ2) is 31.0. The zero-order valence-corrected chi connectivity index (χ0v) is 73.0. The van der Waals surface area contributed by atoms with Crippen molar-refractivity contribution in [1.29, 1.82) is 0 Å². The van der Waals surface area contributed by atoms with Crippen molar-refractivity contribution >= 4 is 185 Å². The summed E-state index contributed by atoms with van der Waals surface area (Å²) in [7, 11) is 0. The Morgan fingerprint density at radius 2 is 0.343 bits per heavy atom. The molecule has 0 atom stereocenters. The van der Waals surface area contributed by atoms with Crippen molar-refractivity contribution < 1.29 is 0 Å². The fraction of sp³-hybridized carbons (Fsp3) is 0. The van der Waals surface area contributed by atoms with Gasteiger partial charge in [-0.3, -0.25) is 0 Å². The molecule has 29 rings (SSSR count). The Balaban J connectivity index is 0.000000102. The molecule has 0 spiro atoms. The van der Waals surface area contributed by atoms with Crippen LogP contribution in [0.1, 0.15) is 0 Å². The zero-order chi connectivity index (χ0) is 88.0. The molecule has 134 heavy (non-hydrogen) atoms. The first kappa shape index (κ1) is 76.2. The topological polar surface area (TPSA) is 29.6 Å². The maximum Gasteiger partial charge on any atom is 0.0619 e. The van der Waals surface area contributed by atoms with E-state index in [2.05, 4.69) is 525 Å². The molecule has 29 aromatic rings. The number of hydrogen-bond acceptors (Lipinski definition) is 0. The molecule has 6 nitrogen and oxygen atoms in total. The molecule has 0 aliphatic carbocycles. The molecule has 0 aliphatic rings. The highest BCUT2D eigenvalue weighted by atomic mass is 15.0. The number of para-hydroxylation sites is 4. The Hall–Kier alpha value is -17.8. The molecule has 6 heterocycles. The van der Waals surface area contributed by atoms with Gasteiger partial charge in [0.1, 0.15) is 0 Å². The number of nitrogens with zero attached hydrogens (tertiary/aromatic N) is 6. The summed E-state index contributed by atoms with van der Waals surface area (Å²) in [6, 6.07) is 181. The smallest absolute Gasteiger partial charge is 0.0619 e. The van der Waals surface area contributed by atoms with Crippen LogP contribution in [0.4, 0.5) is 0 Å². The van der Waals surface area contributed by atoms with Gasteiger partial charge in [0.15, 0.2) is 0 Å². The molecule has 0 fully saturated rings. The fourth-order valence-corrected chi connectivity index (χ4v) is 21.9. The van der Waals surface area contributed by atoms with Crippen LogP contribution in [-0.4, -0.2) is 27.4 Å². The van der Waals surface area contributed by atoms with E-state index >= 15 is 0 Å². The molecule has 0 aliphatic heterocycles. The third-order valence-corrected chi connectivity index (χ3v) is 28.0. The van der Waals surface area contributed by atoms with Gasteiger partial charge in [-0.05, 0) is 198 Å². The molecule has 624 valence electrons. The average Bonchev–Trinajstić information content (AvgIpc) is 1.55. The standard InChI is InChI=1S/2C44H28N2.C40H26N2/c1-2-11-29(12-3-1)33-16-10-17-34(25-33)46-43-28-42-39(27-40(43)38-24-22-31-14-6-7-18-36(31)44(38)46)37-19-8-9-20-41(37)45(42)35-23-21-30-13-4-5-15-32(30)26-35;1-2-11-29(12-3-1)33-16-10-17-34(25-33)45-41-20-9-8-19-37(41)39-27-40-38-24-22-31-14-6-7-18-36(31)44(38)46(43(40)28-42(39)45)35-23-21-30-13-4-5-15-32(30)26-35;1-4-12-27(13-5-1)29-21-22-33-35-25-36-34-23-20-28-14-10-11-19-32(28)40(34)42(31-17-8-3-9-18-31)39(36)26-38(35)41(37(33)24-29)30-15-6-2-7-16-30/h2*1-28H;1-26H. The van der Waals surface area contributed by atoms with E-state index in [-0.39, 0.29) is 0 Å². The van der Waals surface area contributed by atoms with E-state index in [9.17, 15) is 0 Å². The zero-order valence-electron chi connectivity index (χ0n) is 73.0. The minimum absolute atomic E-state index is 1.16. The van der Waals surface area contributed by atoms with E-state index < -0.39 is 0 Å². The van der Waals surface area contributed by atoms with Gasteiger partial charge in [0, 0.05) is 115 Å². The first-order valence-electron chi connectivity index (χ1n) is 46.2. The molecule has 0 bridgehead atoms. The summed E-state index contributed by atoms with van der Waals surface area (Å²) in [5, 5.41) is 27.7. The number of fused-ring (bicyclic) bond motifs is 26. The molecule has 6 heteroatoms. The van der Waals surface area contributed by atoms with Crippen LogP contribution in [0, 0.1) is 0 Å². The summed E-state index contributed by atoms with van der Waals surface area (Å²) >= 11 is 0. The number of rotatable bonds is 9. The lowest BCUT2D eigenvalue weighted by molar-refractivity contribution is 1.17. The van der Waals surface area contributed by atoms with Gasteiger partial charge in [0.25, 0.3) is 0 Å². The van der Waals surface area contributed by atoms with Gasteiger partial charge in [-0.15, -0.1) is 0 Å². The predicted octanol–water partition coefficient (Wildman–Crippen LogP) is 34.4. The van der Waals surface area contributed by atoms with Gasteiger partial charge in [-0.25, -0.2) is 0 Å². The third kappa shape index (κ3) is 12.3. The van der Waals surface area contributed by atoms with E-state index in [1.54, 1.807) is 0 Å². The Morgan fingerprint density at radius 1 is 0.0970 bits per heavy atom. The molecule has 0 amide bonds. The molecule has 23 aromatic carbocycles. The van der Waals surface area contributed by atoms with Crippen LogP contribution in [0.2, 0.25) is 0 Å². The average molecular weight is 1700 g/mol. The Labute approximate surface area is 771 Å². The summed E-state index contributed by atoms with van der Waals surface area (Å²) in [6.07, 6.45) is 0. The number of aromatic nitrogens is 6. The maximum atomic E-state index is 2.49. The minimum atomic E-state index is 1.16. The molecular formula is C128H82N6. The van der Waals surface area contributed by atoms with E-state index in [0.29, 0.717) is 0 Å². The van der Waals surface area contributed by atoms with Crippen molar-refractivity contribution in [3.63, 3.8) is 0 Å². The van der Waals surface area contributed by atoms with Crippen LogP contribution in [0.5, 0.6) is 0 Å². The molecule has 0 saturated heterocycles. The second-order valence-corrected chi connectivity index (χ2v) is 35.4. The minimum Gasteiger partial charge on any atom is -0.309 e. The Kier molecular flexibility index (Phi) is 17.6. The lowest BCUT2D eigenvalue weighted by Crippen LogP contribution is -1.97. The fourth-order valence-electron chi connectivity index (χ4n) is 21.9. The van der Waals surface area contributed by atoms with Crippen LogP contribution in [0.15, 0.2) is 497 Å². The van der Waals surface area contributed by atoms with Gasteiger partial charge in [0.05, 0.1) is 66.2 Å². The van der Waals surface area contributed by atoms with Gasteiger partial charge in [-0.2, -0.15) is 0 Å². The predicted molar refractivity (Wildman–Crippen MR) is 569 cm³/mol. The van der Waals surface area contributed by atoms with Crippen LogP contribution < -0.4 is 0 Å². The number of hydrogen-bond donors (Lipinski definition) is 0. The van der Waals surface area contributed by atoms with E-state index in [1.165, 1.54) is 235 Å². The van der Waals surface area contributed by atoms with E-state index in [1.807, 2.05) is 0 Å². The van der Waals surface area contributed by atoms with Crippen molar-refractivity contribution in [3.8, 4) is 67.5 Å². The van der Waals surface area contributed by atoms with Crippen LogP contribution in [-0.2, 0) is 0 Å². The quantitative estimate of drug-likeness (QED) is 0.138. The lowest BCUT2D eigenvalue weighted by Gasteiger charge is -2.13. The van der Waals surface area contributed by atoms with Gasteiger partial charge in [0.2, 0.25) is 0 Å². The lowest BCUT2D eigenvalue weighted by atomic mass is 10.0. The Bertz CT molecular complexity index is 9810. The summed E-state index contributed by atoms with van der Waals surface area (Å²) in [5.74, 6) is 0. The van der Waals surface area contributed by atoms with E-state index in [0.717, 1.165) is 17.1 Å². The number of benzene rings is 23. The SMILES string of the molecule is c1ccc(-c2ccc3c4cc5c6ccc7ccccc7c6n(-c6ccccc6)c5cc4n(-c4ccccc4)c3c2)cc1.c1ccc(-c2cccc(-n3c4cc5c(cc4c4ccc6ccccc6c43)c3ccccc3n5-c3ccc4ccccc4c3)c2)cc1.c1ccc(-c2cccc(-n3c4ccccc4c4cc5c6ccc7ccccc7c6n(-c6ccc7ccccc7c6)c5cc43)c2)cc1. The van der Waals surface area contributed by atoms with Gasteiger partial charge in [-0.1, -0.05) is 370 Å². The Morgan fingerprint density at radius 3 is 0.754 bits per heavy atom.